The van der Waals surface area contributed by atoms with Gasteiger partial charge in [0.05, 0.1) is 0 Å². The van der Waals surface area contributed by atoms with Crippen molar-refractivity contribution in [3.63, 3.8) is 0 Å². The molecular formula is C8H16N4S. The molecule has 0 spiro atoms. The number of hydrazone groups is 1. The maximum atomic E-state index is 7.56. The smallest absolute Gasteiger partial charge is 0.174 e. The highest BCUT2D eigenvalue weighted by atomic mass is 32.2. The highest BCUT2D eigenvalue weighted by Crippen LogP contribution is 2.28. The first-order chi connectivity index (χ1) is 6.24. The summed E-state index contributed by atoms with van der Waals surface area (Å²) in [4.78, 5) is 0. The second-order valence-corrected chi connectivity index (χ2v) is 4.53. The molecule has 1 saturated carbocycles. The summed E-state index contributed by atoms with van der Waals surface area (Å²) < 4.78 is 0. The highest BCUT2D eigenvalue weighted by molar-refractivity contribution is 8.16. The van der Waals surface area contributed by atoms with Crippen LogP contribution in [0.3, 0.4) is 0 Å². The van der Waals surface area contributed by atoms with Gasteiger partial charge in [0.15, 0.2) is 5.84 Å². The Morgan fingerprint density at radius 1 is 1.31 bits per heavy atom. The average molecular weight is 200 g/mol. The molecule has 0 aromatic heterocycles. The van der Waals surface area contributed by atoms with Crippen LogP contribution in [-0.4, -0.2) is 16.1 Å². The minimum absolute atomic E-state index is 0.149. The molecule has 5 heteroatoms. The Hall–Kier alpha value is -0.710. The molecule has 0 bridgehead atoms. The van der Waals surface area contributed by atoms with Crippen molar-refractivity contribution in [1.29, 1.82) is 5.41 Å². The molecule has 0 amide bonds. The first-order valence-corrected chi connectivity index (χ1v) is 5.41. The fourth-order valence-electron chi connectivity index (χ4n) is 1.47. The number of nitrogens with zero attached hydrogens (tertiary/aromatic N) is 1. The molecule has 0 aromatic rings. The predicted molar refractivity (Wildman–Crippen MR) is 58.0 cm³/mol. The van der Waals surface area contributed by atoms with E-state index in [0.29, 0.717) is 10.3 Å². The molecule has 0 atom stereocenters. The lowest BCUT2D eigenvalue weighted by Crippen LogP contribution is -2.24. The van der Waals surface area contributed by atoms with Crippen molar-refractivity contribution in [2.24, 2.45) is 16.7 Å². The average Bonchev–Trinajstić information content (AvgIpc) is 2.18. The molecule has 0 unspecified atom stereocenters. The van der Waals surface area contributed by atoms with E-state index in [1.807, 2.05) is 0 Å². The van der Waals surface area contributed by atoms with Crippen LogP contribution in [0, 0.1) is 5.41 Å². The molecule has 0 saturated heterocycles. The van der Waals surface area contributed by atoms with Crippen molar-refractivity contribution in [2.75, 3.05) is 0 Å². The highest BCUT2D eigenvalue weighted by Gasteiger charge is 2.17. The molecule has 5 N–H and O–H groups in total. The van der Waals surface area contributed by atoms with Crippen molar-refractivity contribution < 1.29 is 0 Å². The van der Waals surface area contributed by atoms with E-state index in [1.165, 1.54) is 43.9 Å². The molecule has 0 heterocycles. The molecule has 1 aliphatic carbocycles. The summed E-state index contributed by atoms with van der Waals surface area (Å²) in [7, 11) is 0. The van der Waals surface area contributed by atoms with Crippen LogP contribution < -0.4 is 11.6 Å². The zero-order valence-electron chi connectivity index (χ0n) is 7.62. The zero-order chi connectivity index (χ0) is 9.68. The van der Waals surface area contributed by atoms with Gasteiger partial charge in [-0.05, 0) is 12.8 Å². The van der Waals surface area contributed by atoms with Gasteiger partial charge in [-0.2, -0.15) is 5.10 Å². The van der Waals surface area contributed by atoms with E-state index >= 15 is 0 Å². The van der Waals surface area contributed by atoms with Gasteiger partial charge in [-0.3, -0.25) is 5.41 Å². The monoisotopic (exact) mass is 200 g/mol. The number of hydrogen-bond donors (Lipinski definition) is 3. The number of thioether (sulfide) groups is 1. The lowest BCUT2D eigenvalue weighted by atomic mass is 10.0. The molecule has 1 aliphatic rings. The topological polar surface area (TPSA) is 88.2 Å². The van der Waals surface area contributed by atoms with E-state index < -0.39 is 0 Å². The second-order valence-electron chi connectivity index (χ2n) is 3.22. The third-order valence-electron chi connectivity index (χ3n) is 2.21. The van der Waals surface area contributed by atoms with Gasteiger partial charge in [-0.15, -0.1) is 0 Å². The number of amidine groups is 1. The Bertz CT molecular complexity index is 208. The summed E-state index contributed by atoms with van der Waals surface area (Å²) in [5.74, 6) is 5.14. The van der Waals surface area contributed by atoms with Gasteiger partial charge in [0.25, 0.3) is 0 Å². The van der Waals surface area contributed by atoms with Gasteiger partial charge in [-0.25, -0.2) is 0 Å². The number of hydrogen-bond acceptors (Lipinski definition) is 4. The maximum absolute atomic E-state index is 7.56. The SMILES string of the molecule is N=C(SC1CCCCC1)C(N)=NN. The Morgan fingerprint density at radius 3 is 2.46 bits per heavy atom. The summed E-state index contributed by atoms with van der Waals surface area (Å²) in [6, 6.07) is 0. The fraction of sp³-hybridized carbons (Fsp3) is 0.750. The van der Waals surface area contributed by atoms with Crippen LogP contribution in [0.25, 0.3) is 0 Å². The Labute approximate surface area is 82.6 Å². The van der Waals surface area contributed by atoms with Crippen molar-refractivity contribution in [3.8, 4) is 0 Å². The van der Waals surface area contributed by atoms with Gasteiger partial charge in [0, 0.05) is 5.25 Å². The molecule has 0 radical (unpaired) electrons. The normalized spacial score (nSPS) is 20.2. The van der Waals surface area contributed by atoms with Gasteiger partial charge < -0.3 is 11.6 Å². The van der Waals surface area contributed by atoms with Crippen molar-refractivity contribution >= 4 is 22.6 Å². The van der Waals surface area contributed by atoms with E-state index in [-0.39, 0.29) is 5.84 Å². The second kappa shape index (κ2) is 5.11. The van der Waals surface area contributed by atoms with E-state index in [4.69, 9.17) is 17.0 Å². The lowest BCUT2D eigenvalue weighted by molar-refractivity contribution is 0.517. The van der Waals surface area contributed by atoms with Crippen molar-refractivity contribution in [1.82, 2.24) is 0 Å². The van der Waals surface area contributed by atoms with Gasteiger partial charge in [-0.1, -0.05) is 31.0 Å². The first-order valence-electron chi connectivity index (χ1n) is 4.53. The van der Waals surface area contributed by atoms with Gasteiger partial charge in [0.2, 0.25) is 0 Å². The zero-order valence-corrected chi connectivity index (χ0v) is 8.44. The van der Waals surface area contributed by atoms with Gasteiger partial charge >= 0.3 is 0 Å². The number of nitrogens with two attached hydrogens (primary N) is 2. The molecule has 1 fully saturated rings. The number of nitrogens with one attached hydrogen (secondary N) is 1. The van der Waals surface area contributed by atoms with Crippen LogP contribution in [0.1, 0.15) is 32.1 Å². The quantitative estimate of drug-likeness (QED) is 0.258. The lowest BCUT2D eigenvalue weighted by Gasteiger charge is -2.20. The molecule has 0 aromatic carbocycles. The minimum atomic E-state index is 0.149. The van der Waals surface area contributed by atoms with Crippen LogP contribution in [0.4, 0.5) is 0 Å². The molecule has 4 nitrogen and oxygen atoms in total. The minimum Gasteiger partial charge on any atom is -0.380 e. The first kappa shape index (κ1) is 10.4. The third kappa shape index (κ3) is 3.26. The molecule has 74 valence electrons. The van der Waals surface area contributed by atoms with E-state index in [2.05, 4.69) is 5.10 Å². The Kier molecular flexibility index (Phi) is 4.08. The Morgan fingerprint density at radius 2 is 1.92 bits per heavy atom. The van der Waals surface area contributed by atoms with Crippen molar-refractivity contribution in [3.05, 3.63) is 0 Å². The molecular weight excluding hydrogens is 184 g/mol. The number of rotatable bonds is 1. The Balaban J connectivity index is 2.34. The van der Waals surface area contributed by atoms with Crippen LogP contribution in [0.2, 0.25) is 0 Å². The standard InChI is InChI=1S/C8H16N4S/c9-7(12-11)8(10)13-6-4-2-1-3-5-6/h6,10H,1-5,11H2,(H2,9,12). The van der Waals surface area contributed by atoms with E-state index in [0.717, 1.165) is 0 Å². The maximum Gasteiger partial charge on any atom is 0.174 e. The molecule has 1 rings (SSSR count). The van der Waals surface area contributed by atoms with Crippen LogP contribution in [-0.2, 0) is 0 Å². The summed E-state index contributed by atoms with van der Waals surface area (Å²) in [5.41, 5.74) is 5.41. The third-order valence-corrected chi connectivity index (χ3v) is 3.46. The van der Waals surface area contributed by atoms with Crippen LogP contribution >= 0.6 is 11.8 Å². The summed E-state index contributed by atoms with van der Waals surface area (Å²) in [6.07, 6.45) is 6.23. The predicted octanol–water partition coefficient (Wildman–Crippen LogP) is 1.26. The van der Waals surface area contributed by atoms with Crippen LogP contribution in [0.15, 0.2) is 5.10 Å². The van der Waals surface area contributed by atoms with Crippen molar-refractivity contribution in [2.45, 2.75) is 37.4 Å². The fourth-order valence-corrected chi connectivity index (χ4v) is 2.54. The summed E-state index contributed by atoms with van der Waals surface area (Å²) >= 11 is 1.50. The molecule has 13 heavy (non-hydrogen) atoms. The van der Waals surface area contributed by atoms with E-state index in [9.17, 15) is 0 Å². The van der Waals surface area contributed by atoms with Gasteiger partial charge in [0.1, 0.15) is 5.04 Å². The van der Waals surface area contributed by atoms with Crippen LogP contribution in [0.5, 0.6) is 0 Å². The van der Waals surface area contributed by atoms with E-state index in [1.54, 1.807) is 0 Å². The summed E-state index contributed by atoms with van der Waals surface area (Å²) in [5, 5.41) is 11.7. The molecule has 0 aliphatic heterocycles. The summed E-state index contributed by atoms with van der Waals surface area (Å²) in [6.45, 7) is 0. The largest absolute Gasteiger partial charge is 0.380 e.